The van der Waals surface area contributed by atoms with Gasteiger partial charge in [-0.1, -0.05) is 30.3 Å². The van der Waals surface area contributed by atoms with Gasteiger partial charge in [-0.05, 0) is 52.9 Å². The van der Waals surface area contributed by atoms with E-state index in [4.69, 9.17) is 0 Å². The minimum absolute atomic E-state index is 0.467. The molecule has 1 atom stereocenters. The molecule has 0 spiro atoms. The molecule has 1 saturated heterocycles. The Hall–Kier alpha value is -1.35. The zero-order valence-electron chi connectivity index (χ0n) is 11.0. The van der Waals surface area contributed by atoms with Gasteiger partial charge in [-0.3, -0.25) is 0 Å². The first-order valence-corrected chi connectivity index (χ1v) is 7.49. The molecule has 1 aromatic carbocycles. The third kappa shape index (κ3) is 2.52. The Balaban J connectivity index is 1.93. The first-order valence-electron chi connectivity index (χ1n) is 6.69. The van der Waals surface area contributed by atoms with Gasteiger partial charge in [-0.25, -0.2) is 4.98 Å². The molecule has 1 aliphatic rings. The van der Waals surface area contributed by atoms with Crippen LogP contribution in [0.4, 0.5) is 5.82 Å². The maximum absolute atomic E-state index is 4.58. The summed E-state index contributed by atoms with van der Waals surface area (Å²) in [5, 5.41) is 0. The van der Waals surface area contributed by atoms with Crippen LogP contribution in [0.2, 0.25) is 0 Å². The molecular weight excluding hydrogens is 300 g/mol. The molecule has 2 heterocycles. The first-order chi connectivity index (χ1) is 9.25. The molecule has 98 valence electrons. The van der Waals surface area contributed by atoms with E-state index in [1.165, 1.54) is 24.0 Å². The fraction of sp³-hybridized carbons (Fsp3) is 0.312. The number of aryl methyl sites for hydroxylation is 1. The number of nitrogens with zero attached hydrogens (tertiary/aromatic N) is 2. The lowest BCUT2D eigenvalue weighted by Crippen LogP contribution is -2.23. The van der Waals surface area contributed by atoms with E-state index in [0.717, 1.165) is 16.8 Å². The average Bonchev–Trinajstić information content (AvgIpc) is 2.92. The lowest BCUT2D eigenvalue weighted by Gasteiger charge is -2.26. The van der Waals surface area contributed by atoms with Crippen LogP contribution in [-0.4, -0.2) is 11.5 Å². The average molecular weight is 317 g/mol. The van der Waals surface area contributed by atoms with Crippen LogP contribution < -0.4 is 4.90 Å². The Bertz CT molecular complexity index is 568. The van der Waals surface area contributed by atoms with Gasteiger partial charge in [0.1, 0.15) is 5.82 Å². The van der Waals surface area contributed by atoms with Crippen LogP contribution in [0.15, 0.2) is 47.1 Å². The van der Waals surface area contributed by atoms with Gasteiger partial charge in [-0.2, -0.15) is 0 Å². The van der Waals surface area contributed by atoms with Crippen LogP contribution in [-0.2, 0) is 0 Å². The fourth-order valence-corrected chi connectivity index (χ4v) is 2.96. The zero-order valence-corrected chi connectivity index (χ0v) is 12.6. The summed E-state index contributed by atoms with van der Waals surface area (Å²) >= 11 is 3.52. The second-order valence-electron chi connectivity index (χ2n) is 5.05. The summed E-state index contributed by atoms with van der Waals surface area (Å²) < 4.78 is 1.08. The molecule has 0 amide bonds. The molecule has 1 unspecified atom stereocenters. The summed E-state index contributed by atoms with van der Waals surface area (Å²) in [4.78, 5) is 7.00. The minimum Gasteiger partial charge on any atom is -0.350 e. The monoisotopic (exact) mass is 316 g/mol. The van der Waals surface area contributed by atoms with Crippen molar-refractivity contribution in [2.24, 2.45) is 0 Å². The van der Waals surface area contributed by atoms with Crippen molar-refractivity contribution in [1.82, 2.24) is 4.98 Å². The fourth-order valence-electron chi connectivity index (χ4n) is 2.74. The van der Waals surface area contributed by atoms with Crippen molar-refractivity contribution in [2.45, 2.75) is 25.8 Å². The predicted octanol–water partition coefficient (Wildman–Crippen LogP) is 4.49. The van der Waals surface area contributed by atoms with Crippen molar-refractivity contribution in [3.8, 4) is 0 Å². The topological polar surface area (TPSA) is 16.1 Å². The van der Waals surface area contributed by atoms with E-state index in [2.05, 4.69) is 69.1 Å². The Morgan fingerprint density at radius 1 is 1.26 bits per heavy atom. The molecule has 1 aliphatic heterocycles. The molecule has 19 heavy (non-hydrogen) atoms. The number of anilines is 1. The summed E-state index contributed by atoms with van der Waals surface area (Å²) in [5.41, 5.74) is 2.63. The summed E-state index contributed by atoms with van der Waals surface area (Å²) in [6.45, 7) is 3.20. The Kier molecular flexibility index (Phi) is 3.56. The normalized spacial score (nSPS) is 18.8. The second kappa shape index (κ2) is 5.33. The Morgan fingerprint density at radius 2 is 2.05 bits per heavy atom. The van der Waals surface area contributed by atoms with E-state index >= 15 is 0 Å². The molecule has 0 radical (unpaired) electrons. The second-order valence-corrected chi connectivity index (χ2v) is 5.91. The van der Waals surface area contributed by atoms with E-state index in [9.17, 15) is 0 Å². The SMILES string of the molecule is Cc1cc(N2CCCC2c2ccccc2)ncc1Br. The largest absolute Gasteiger partial charge is 0.350 e. The highest BCUT2D eigenvalue weighted by Crippen LogP contribution is 2.35. The molecule has 3 heteroatoms. The smallest absolute Gasteiger partial charge is 0.129 e. The first kappa shape index (κ1) is 12.7. The number of benzene rings is 1. The number of halogens is 1. The zero-order chi connectivity index (χ0) is 13.2. The number of pyridine rings is 1. The number of rotatable bonds is 2. The molecule has 0 aliphatic carbocycles. The van der Waals surface area contributed by atoms with Crippen LogP contribution in [0.3, 0.4) is 0 Å². The van der Waals surface area contributed by atoms with Crippen LogP contribution in [0.1, 0.15) is 30.0 Å². The third-order valence-corrected chi connectivity index (χ3v) is 4.59. The van der Waals surface area contributed by atoms with Gasteiger partial charge >= 0.3 is 0 Å². The third-order valence-electron chi connectivity index (χ3n) is 3.76. The summed E-state index contributed by atoms with van der Waals surface area (Å²) in [6, 6.07) is 13.4. The molecule has 0 bridgehead atoms. The Morgan fingerprint density at radius 3 is 2.79 bits per heavy atom. The molecule has 2 aromatic rings. The highest BCUT2D eigenvalue weighted by atomic mass is 79.9. The molecule has 0 N–H and O–H groups in total. The van der Waals surface area contributed by atoms with E-state index in [1.807, 2.05) is 6.20 Å². The lowest BCUT2D eigenvalue weighted by molar-refractivity contribution is 0.711. The summed E-state index contributed by atoms with van der Waals surface area (Å²) in [6.07, 6.45) is 4.35. The highest BCUT2D eigenvalue weighted by Gasteiger charge is 2.26. The molecule has 0 saturated carbocycles. The van der Waals surface area contributed by atoms with E-state index < -0.39 is 0 Å². The van der Waals surface area contributed by atoms with Gasteiger partial charge < -0.3 is 4.90 Å². The Labute approximate surface area is 122 Å². The van der Waals surface area contributed by atoms with Crippen molar-refractivity contribution in [2.75, 3.05) is 11.4 Å². The number of hydrogen-bond acceptors (Lipinski definition) is 2. The van der Waals surface area contributed by atoms with Crippen LogP contribution in [0.5, 0.6) is 0 Å². The predicted molar refractivity (Wildman–Crippen MR) is 82.4 cm³/mol. The van der Waals surface area contributed by atoms with Crippen LogP contribution in [0, 0.1) is 6.92 Å². The molecular formula is C16H17BrN2. The molecule has 3 rings (SSSR count). The van der Waals surface area contributed by atoms with E-state index in [1.54, 1.807) is 0 Å². The van der Waals surface area contributed by atoms with Gasteiger partial charge in [0.05, 0.1) is 6.04 Å². The van der Waals surface area contributed by atoms with Crippen LogP contribution >= 0.6 is 15.9 Å². The van der Waals surface area contributed by atoms with E-state index in [0.29, 0.717) is 6.04 Å². The molecule has 1 aromatic heterocycles. The highest BCUT2D eigenvalue weighted by molar-refractivity contribution is 9.10. The van der Waals surface area contributed by atoms with Crippen LogP contribution in [0.25, 0.3) is 0 Å². The van der Waals surface area contributed by atoms with Crippen molar-refractivity contribution >= 4 is 21.7 Å². The summed E-state index contributed by atoms with van der Waals surface area (Å²) in [5.74, 6) is 1.09. The number of aromatic nitrogens is 1. The summed E-state index contributed by atoms with van der Waals surface area (Å²) in [7, 11) is 0. The van der Waals surface area contributed by atoms with Gasteiger partial charge in [-0.15, -0.1) is 0 Å². The van der Waals surface area contributed by atoms with Gasteiger partial charge in [0.25, 0.3) is 0 Å². The van der Waals surface area contributed by atoms with Crippen molar-refractivity contribution in [3.05, 3.63) is 58.2 Å². The van der Waals surface area contributed by atoms with Crippen molar-refractivity contribution in [3.63, 3.8) is 0 Å². The van der Waals surface area contributed by atoms with Crippen molar-refractivity contribution in [1.29, 1.82) is 0 Å². The van der Waals surface area contributed by atoms with Crippen molar-refractivity contribution < 1.29 is 0 Å². The lowest BCUT2D eigenvalue weighted by atomic mass is 10.0. The standard InChI is InChI=1S/C16H17BrN2/c1-12-10-16(18-11-14(12)17)19-9-5-8-15(19)13-6-3-2-4-7-13/h2-4,6-7,10-11,15H,5,8-9H2,1H3. The van der Waals surface area contributed by atoms with Gasteiger partial charge in [0.2, 0.25) is 0 Å². The molecule has 2 nitrogen and oxygen atoms in total. The van der Waals surface area contributed by atoms with E-state index in [-0.39, 0.29) is 0 Å². The van der Waals surface area contributed by atoms with Gasteiger partial charge in [0, 0.05) is 17.2 Å². The maximum atomic E-state index is 4.58. The minimum atomic E-state index is 0.467. The molecule has 1 fully saturated rings. The number of hydrogen-bond donors (Lipinski definition) is 0. The maximum Gasteiger partial charge on any atom is 0.129 e. The van der Waals surface area contributed by atoms with Gasteiger partial charge in [0.15, 0.2) is 0 Å². The quantitative estimate of drug-likeness (QED) is 0.811.